The fourth-order valence-electron chi connectivity index (χ4n) is 5.86. The third-order valence-electron chi connectivity index (χ3n) is 8.13. The number of hydrogen-bond donors (Lipinski definition) is 2. The number of fused-ring (bicyclic) bond motifs is 1. The van der Waals surface area contributed by atoms with Crippen molar-refractivity contribution >= 4 is 57.6 Å². The Morgan fingerprint density at radius 2 is 1.67 bits per heavy atom. The highest BCUT2D eigenvalue weighted by atomic mass is 35.5. The highest BCUT2D eigenvalue weighted by Crippen LogP contribution is 2.34. The van der Waals surface area contributed by atoms with Gasteiger partial charge in [-0.15, -0.1) is 0 Å². The third kappa shape index (κ3) is 6.52. The van der Waals surface area contributed by atoms with Crippen LogP contribution >= 0.6 is 11.6 Å². The molecule has 244 valence electrons. The number of alkyl halides is 1. The number of rotatable bonds is 8. The third-order valence-corrected chi connectivity index (χ3v) is 8.46. The lowest BCUT2D eigenvalue weighted by Crippen LogP contribution is -2.44. The molecule has 1 aliphatic rings. The molecule has 3 heterocycles. The molecule has 13 heteroatoms. The number of halogens is 3. The van der Waals surface area contributed by atoms with Crippen molar-refractivity contribution in [2.45, 2.75) is 39.0 Å². The summed E-state index contributed by atoms with van der Waals surface area (Å²) in [5.74, 6) is -2.36. The van der Waals surface area contributed by atoms with E-state index in [-0.39, 0.29) is 48.4 Å². The van der Waals surface area contributed by atoms with Gasteiger partial charge < -0.3 is 14.8 Å². The Morgan fingerprint density at radius 3 is 2.38 bits per heavy atom. The van der Waals surface area contributed by atoms with Crippen LogP contribution in [0.3, 0.4) is 0 Å². The number of carbonyl (C=O) groups excluding carboxylic acids is 4. The second-order valence-corrected chi connectivity index (χ2v) is 11.9. The van der Waals surface area contributed by atoms with Crippen LogP contribution in [0.4, 0.5) is 20.4 Å². The number of nitrogens with one attached hydrogen (secondary N) is 2. The molecule has 3 aromatic carbocycles. The number of Topliss-reactive ketones (excluding diaryl/α,β-unsaturated/α-hetero) is 1. The number of nitrogens with zero attached hydrogens (tertiary/aromatic N) is 4. The Morgan fingerprint density at radius 1 is 0.938 bits per heavy atom. The molecule has 5 aromatic rings. The van der Waals surface area contributed by atoms with Gasteiger partial charge in [0.1, 0.15) is 18.8 Å². The topological polar surface area (TPSA) is 126 Å². The number of likely N-dealkylation sites (tertiary alicyclic amines) is 1. The van der Waals surface area contributed by atoms with Gasteiger partial charge in [0.25, 0.3) is 0 Å². The van der Waals surface area contributed by atoms with Crippen molar-refractivity contribution in [3.8, 4) is 22.3 Å². The summed E-state index contributed by atoms with van der Waals surface area (Å²) in [5, 5.41) is 5.95. The number of aromatic nitrogens is 3. The van der Waals surface area contributed by atoms with Crippen LogP contribution in [-0.4, -0.2) is 61.7 Å². The number of benzene rings is 3. The normalized spacial score (nSPS) is 15.8. The summed E-state index contributed by atoms with van der Waals surface area (Å²) < 4.78 is 31.9. The standard InChI is InChI=1S/C35H29ClF2N6O4/c1-19(45)27-17-43(30-11-10-21(12-26(27)30)22-14-39-35(40-15-22)41-20(2)46)18-32(47)44-16-23(37)13-31(44)34(48)42-29-9-5-7-25(33(29)38)24-6-3-4-8-28(24)36/h3-12,14-15,17,23,31H,13,16,18H2,1-2H3,(H,42,48)(H,39,40,41,46)/t23-,31+/m1/s1. The average molecular weight is 671 g/mol. The van der Waals surface area contributed by atoms with Gasteiger partial charge >= 0.3 is 0 Å². The van der Waals surface area contributed by atoms with Crippen molar-refractivity contribution in [2.75, 3.05) is 17.2 Å². The highest BCUT2D eigenvalue weighted by Gasteiger charge is 2.40. The number of anilines is 2. The van der Waals surface area contributed by atoms with Crippen LogP contribution in [0.25, 0.3) is 33.2 Å². The predicted octanol–water partition coefficient (Wildman–Crippen LogP) is 6.30. The molecule has 0 radical (unpaired) electrons. The lowest BCUT2D eigenvalue weighted by Gasteiger charge is -2.24. The molecule has 0 saturated carbocycles. The monoisotopic (exact) mass is 670 g/mol. The van der Waals surface area contributed by atoms with Crippen LogP contribution in [0.15, 0.2) is 79.3 Å². The largest absolute Gasteiger partial charge is 0.337 e. The van der Waals surface area contributed by atoms with Crippen LogP contribution in [0.5, 0.6) is 0 Å². The van der Waals surface area contributed by atoms with Crippen molar-refractivity contribution in [1.82, 2.24) is 19.4 Å². The molecule has 6 rings (SSSR count). The maximum atomic E-state index is 15.5. The second kappa shape index (κ2) is 13.3. The summed E-state index contributed by atoms with van der Waals surface area (Å²) in [6.45, 7) is 2.18. The van der Waals surface area contributed by atoms with Crippen molar-refractivity contribution in [1.29, 1.82) is 0 Å². The fourth-order valence-corrected chi connectivity index (χ4v) is 6.10. The molecule has 10 nitrogen and oxygen atoms in total. The van der Waals surface area contributed by atoms with Gasteiger partial charge in [-0.1, -0.05) is 48.0 Å². The molecular weight excluding hydrogens is 642 g/mol. The molecule has 48 heavy (non-hydrogen) atoms. The first-order valence-electron chi connectivity index (χ1n) is 15.0. The van der Waals surface area contributed by atoms with Gasteiger partial charge in [0.2, 0.25) is 23.7 Å². The van der Waals surface area contributed by atoms with E-state index in [1.807, 2.05) is 0 Å². The molecule has 0 bridgehead atoms. The lowest BCUT2D eigenvalue weighted by atomic mass is 10.0. The van der Waals surface area contributed by atoms with Gasteiger partial charge in [0.05, 0.1) is 12.2 Å². The van der Waals surface area contributed by atoms with E-state index in [4.69, 9.17) is 11.6 Å². The molecular formula is C35H29ClF2N6O4. The van der Waals surface area contributed by atoms with Crippen LogP contribution in [-0.2, 0) is 20.9 Å². The highest BCUT2D eigenvalue weighted by molar-refractivity contribution is 6.33. The fraction of sp³-hybridized carbons (Fsp3) is 0.200. The Labute approximate surface area is 278 Å². The van der Waals surface area contributed by atoms with E-state index >= 15 is 4.39 Å². The molecule has 2 atom stereocenters. The predicted molar refractivity (Wildman–Crippen MR) is 178 cm³/mol. The van der Waals surface area contributed by atoms with E-state index in [2.05, 4.69) is 20.6 Å². The first-order valence-corrected chi connectivity index (χ1v) is 15.4. The molecule has 0 unspecified atom stereocenters. The maximum absolute atomic E-state index is 15.5. The van der Waals surface area contributed by atoms with Crippen LogP contribution in [0, 0.1) is 5.82 Å². The molecule has 3 amide bonds. The van der Waals surface area contributed by atoms with Gasteiger partial charge in [-0.05, 0) is 36.8 Å². The van der Waals surface area contributed by atoms with Crippen molar-refractivity contribution in [2.24, 2.45) is 0 Å². The molecule has 0 aliphatic carbocycles. The minimum atomic E-state index is -1.46. The van der Waals surface area contributed by atoms with Crippen molar-refractivity contribution in [3.63, 3.8) is 0 Å². The SMILES string of the molecule is CC(=O)Nc1ncc(-c2ccc3c(c2)c(C(C)=O)cn3CC(=O)N2C[C@H](F)C[C@H]2C(=O)Nc2cccc(-c3ccccc3Cl)c2F)cn1. The summed E-state index contributed by atoms with van der Waals surface area (Å²) in [6, 6.07) is 15.3. The Bertz CT molecular complexity index is 2080. The molecule has 1 saturated heterocycles. The average Bonchev–Trinajstić information content (AvgIpc) is 3.63. The lowest BCUT2D eigenvalue weighted by molar-refractivity contribution is -0.137. The maximum Gasteiger partial charge on any atom is 0.247 e. The van der Waals surface area contributed by atoms with E-state index in [0.717, 1.165) is 4.90 Å². The van der Waals surface area contributed by atoms with Crippen LogP contribution in [0.1, 0.15) is 30.6 Å². The molecule has 1 fully saturated rings. The van der Waals surface area contributed by atoms with E-state index < -0.39 is 29.8 Å². The van der Waals surface area contributed by atoms with Gasteiger partial charge in [0.15, 0.2) is 11.6 Å². The molecule has 2 N–H and O–H groups in total. The van der Waals surface area contributed by atoms with Crippen molar-refractivity contribution < 1.29 is 28.0 Å². The zero-order valence-electron chi connectivity index (χ0n) is 25.8. The summed E-state index contributed by atoms with van der Waals surface area (Å²) in [5.41, 5.74) is 2.77. The Balaban J connectivity index is 1.23. The molecule has 0 spiro atoms. The molecule has 1 aliphatic heterocycles. The zero-order valence-corrected chi connectivity index (χ0v) is 26.6. The zero-order chi connectivity index (χ0) is 34.1. The van der Waals surface area contributed by atoms with Crippen molar-refractivity contribution in [3.05, 3.63) is 95.7 Å². The van der Waals surface area contributed by atoms with Gasteiger partial charge in [-0.25, -0.2) is 18.7 Å². The summed E-state index contributed by atoms with van der Waals surface area (Å²) >= 11 is 6.26. The van der Waals surface area contributed by atoms with Crippen LogP contribution < -0.4 is 10.6 Å². The quantitative estimate of drug-likeness (QED) is 0.187. The summed E-state index contributed by atoms with van der Waals surface area (Å²) in [6.07, 6.45) is 2.93. The van der Waals surface area contributed by atoms with Gasteiger partial charge in [-0.2, -0.15) is 0 Å². The Kier molecular flexibility index (Phi) is 9.01. The Hall–Kier alpha value is -5.49. The van der Waals surface area contributed by atoms with E-state index in [1.165, 1.54) is 38.4 Å². The summed E-state index contributed by atoms with van der Waals surface area (Å²) in [4.78, 5) is 60.4. The van der Waals surface area contributed by atoms with E-state index in [1.54, 1.807) is 59.3 Å². The van der Waals surface area contributed by atoms with Gasteiger partial charge in [-0.3, -0.25) is 24.5 Å². The number of carbonyl (C=O) groups is 4. The first-order chi connectivity index (χ1) is 23.0. The van der Waals surface area contributed by atoms with Crippen LogP contribution in [0.2, 0.25) is 5.02 Å². The molecule has 2 aromatic heterocycles. The minimum Gasteiger partial charge on any atom is -0.337 e. The number of hydrogen-bond acceptors (Lipinski definition) is 6. The first kappa shape index (κ1) is 32.5. The van der Waals surface area contributed by atoms with Gasteiger partial charge in [0, 0.05) is 70.1 Å². The minimum absolute atomic E-state index is 0.124. The number of ketones is 1. The van der Waals surface area contributed by atoms with E-state index in [9.17, 15) is 23.6 Å². The summed E-state index contributed by atoms with van der Waals surface area (Å²) in [7, 11) is 0. The van der Waals surface area contributed by atoms with E-state index in [0.29, 0.717) is 38.2 Å². The number of amides is 3. The smallest absolute Gasteiger partial charge is 0.247 e. The second-order valence-electron chi connectivity index (χ2n) is 11.5.